The van der Waals surface area contributed by atoms with Crippen molar-refractivity contribution in [2.45, 2.75) is 39.8 Å². The highest BCUT2D eigenvalue weighted by Gasteiger charge is 2.37. The fraction of sp³-hybridized carbons (Fsp3) is 0.286. The Labute approximate surface area is 185 Å². The van der Waals surface area contributed by atoms with Gasteiger partial charge in [0.25, 0.3) is 11.6 Å². The van der Waals surface area contributed by atoms with E-state index in [4.69, 9.17) is 0 Å². The normalized spacial score (nSPS) is 11.8. The predicted octanol–water partition coefficient (Wildman–Crippen LogP) is 4.82. The van der Waals surface area contributed by atoms with Crippen LogP contribution in [0.25, 0.3) is 5.78 Å². The average Bonchev–Trinajstić information content (AvgIpc) is 3.35. The fourth-order valence-corrected chi connectivity index (χ4v) is 4.25. The third-order valence-corrected chi connectivity index (χ3v) is 5.90. The Hall–Kier alpha value is -3.34. The topological polar surface area (TPSA) is 76.3 Å². The molecule has 0 bridgehead atoms. The van der Waals surface area contributed by atoms with Crippen molar-refractivity contribution >= 4 is 33.8 Å². The zero-order valence-electron chi connectivity index (χ0n) is 17.5. The third-order valence-electron chi connectivity index (χ3n) is 4.95. The number of hydrogen-bond acceptors (Lipinski definition) is 6. The maximum atomic E-state index is 13.2. The Morgan fingerprint density at radius 1 is 1.09 bits per heavy atom. The number of benzene rings is 1. The number of hydrogen-bond donors (Lipinski definition) is 0. The number of aryl methyl sites for hydroxylation is 3. The molecule has 0 spiro atoms. The fourth-order valence-electron chi connectivity index (χ4n) is 3.42. The van der Waals surface area contributed by atoms with Crippen LogP contribution in [-0.4, -0.2) is 30.5 Å². The number of rotatable bonds is 5. The lowest BCUT2D eigenvalue weighted by Gasteiger charge is -2.20. The highest BCUT2D eigenvalue weighted by Crippen LogP contribution is 2.30. The van der Waals surface area contributed by atoms with E-state index in [1.165, 1.54) is 11.3 Å². The van der Waals surface area contributed by atoms with Gasteiger partial charge in [-0.25, -0.2) is 14.5 Å². The van der Waals surface area contributed by atoms with E-state index < -0.39 is 12.0 Å². The van der Waals surface area contributed by atoms with Crippen LogP contribution in [0.4, 0.5) is 24.0 Å². The van der Waals surface area contributed by atoms with Gasteiger partial charge in [-0.1, -0.05) is 18.2 Å². The van der Waals surface area contributed by atoms with Crippen LogP contribution in [0.3, 0.4) is 0 Å². The standard InChI is InChI=1S/C21H19F3N6OS/c1-12-11-32-20(25-12)29(15-7-5-4-6-8-15)17(31)10-9-16-13(2)26-19-27-18(21(22,23)24)28-30(19)14(16)3/h4-8,11H,9-10H2,1-3H3. The smallest absolute Gasteiger partial charge is 0.274 e. The Morgan fingerprint density at radius 2 is 1.81 bits per heavy atom. The Balaban J connectivity index is 1.63. The van der Waals surface area contributed by atoms with E-state index >= 15 is 0 Å². The quantitative estimate of drug-likeness (QED) is 0.427. The molecule has 0 atom stereocenters. The van der Waals surface area contributed by atoms with Crippen LogP contribution < -0.4 is 4.90 Å². The molecule has 1 amide bonds. The number of halogens is 3. The molecule has 3 heterocycles. The summed E-state index contributed by atoms with van der Waals surface area (Å²) in [6.45, 7) is 5.19. The van der Waals surface area contributed by atoms with Crippen molar-refractivity contribution in [3.05, 3.63) is 64.2 Å². The van der Waals surface area contributed by atoms with Crippen molar-refractivity contribution in [2.24, 2.45) is 0 Å². The summed E-state index contributed by atoms with van der Waals surface area (Å²) >= 11 is 1.37. The molecule has 0 fully saturated rings. The molecule has 4 rings (SSSR count). The van der Waals surface area contributed by atoms with Crippen molar-refractivity contribution in [1.29, 1.82) is 0 Å². The number of alkyl halides is 3. The molecule has 3 aromatic heterocycles. The second-order valence-corrected chi connectivity index (χ2v) is 8.08. The first-order valence-electron chi connectivity index (χ1n) is 9.75. The summed E-state index contributed by atoms with van der Waals surface area (Å²) in [5, 5.41) is 5.99. The average molecular weight is 460 g/mol. The van der Waals surface area contributed by atoms with Gasteiger partial charge in [0.1, 0.15) is 0 Å². The van der Waals surface area contributed by atoms with Crippen LogP contribution in [0.1, 0.15) is 34.9 Å². The first-order chi connectivity index (χ1) is 15.1. The summed E-state index contributed by atoms with van der Waals surface area (Å²) in [5.41, 5.74) is 3.15. The lowest BCUT2D eigenvalue weighted by Crippen LogP contribution is -2.26. The monoisotopic (exact) mass is 460 g/mol. The summed E-state index contributed by atoms with van der Waals surface area (Å²) in [6.07, 6.45) is -4.26. The second-order valence-electron chi connectivity index (χ2n) is 7.24. The number of anilines is 2. The lowest BCUT2D eigenvalue weighted by atomic mass is 10.1. The molecule has 11 heteroatoms. The Morgan fingerprint density at radius 3 is 2.44 bits per heavy atom. The number of aromatic nitrogens is 5. The Kier molecular flexibility index (Phi) is 5.68. The van der Waals surface area contributed by atoms with Gasteiger partial charge in [-0.15, -0.1) is 16.4 Å². The molecule has 0 saturated heterocycles. The van der Waals surface area contributed by atoms with E-state index in [1.54, 1.807) is 18.7 Å². The van der Waals surface area contributed by atoms with Crippen LogP contribution in [0.2, 0.25) is 0 Å². The molecular formula is C21H19F3N6OS. The molecular weight excluding hydrogens is 441 g/mol. The number of para-hydroxylation sites is 1. The van der Waals surface area contributed by atoms with Crippen LogP contribution >= 0.6 is 11.3 Å². The van der Waals surface area contributed by atoms with E-state index in [0.29, 0.717) is 27.8 Å². The minimum atomic E-state index is -4.66. The van der Waals surface area contributed by atoms with Gasteiger partial charge in [0, 0.05) is 23.2 Å². The van der Waals surface area contributed by atoms with Gasteiger partial charge in [-0.3, -0.25) is 9.69 Å². The molecule has 166 valence electrons. The summed E-state index contributed by atoms with van der Waals surface area (Å²) in [5.74, 6) is -1.54. The van der Waals surface area contributed by atoms with E-state index in [-0.39, 0.29) is 24.5 Å². The number of carbonyl (C=O) groups is 1. The third kappa shape index (κ3) is 4.20. The predicted molar refractivity (Wildman–Crippen MR) is 114 cm³/mol. The number of fused-ring (bicyclic) bond motifs is 1. The SMILES string of the molecule is Cc1csc(N(C(=O)CCc2c(C)nc3nc(C(F)(F)F)nn3c2C)c2ccccc2)n1. The molecule has 4 aromatic rings. The highest BCUT2D eigenvalue weighted by atomic mass is 32.1. The number of thiazole rings is 1. The molecule has 0 saturated carbocycles. The summed E-state index contributed by atoms with van der Waals surface area (Å²) in [4.78, 5) is 26.9. The van der Waals surface area contributed by atoms with Crippen LogP contribution in [0.15, 0.2) is 35.7 Å². The number of amides is 1. The number of nitrogens with zero attached hydrogens (tertiary/aromatic N) is 6. The maximum absolute atomic E-state index is 13.2. The van der Waals surface area contributed by atoms with E-state index in [0.717, 1.165) is 10.2 Å². The van der Waals surface area contributed by atoms with Crippen molar-refractivity contribution in [3.8, 4) is 0 Å². The van der Waals surface area contributed by atoms with Crippen molar-refractivity contribution < 1.29 is 18.0 Å². The van der Waals surface area contributed by atoms with Gasteiger partial charge in [-0.2, -0.15) is 18.2 Å². The van der Waals surface area contributed by atoms with Gasteiger partial charge < -0.3 is 0 Å². The van der Waals surface area contributed by atoms with Crippen LogP contribution in [0.5, 0.6) is 0 Å². The molecule has 0 aliphatic carbocycles. The minimum Gasteiger partial charge on any atom is -0.274 e. The van der Waals surface area contributed by atoms with Gasteiger partial charge in [0.15, 0.2) is 5.13 Å². The van der Waals surface area contributed by atoms with E-state index in [9.17, 15) is 18.0 Å². The Bertz CT molecular complexity index is 1280. The van der Waals surface area contributed by atoms with Crippen molar-refractivity contribution in [2.75, 3.05) is 4.90 Å². The highest BCUT2D eigenvalue weighted by molar-refractivity contribution is 7.14. The van der Waals surface area contributed by atoms with E-state index in [2.05, 4.69) is 20.1 Å². The minimum absolute atomic E-state index is 0.114. The molecule has 0 N–H and O–H groups in total. The summed E-state index contributed by atoms with van der Waals surface area (Å²) < 4.78 is 40.1. The first-order valence-corrected chi connectivity index (χ1v) is 10.6. The molecule has 1 aromatic carbocycles. The zero-order chi connectivity index (χ0) is 23.0. The molecule has 7 nitrogen and oxygen atoms in total. The van der Waals surface area contributed by atoms with Crippen molar-refractivity contribution in [3.63, 3.8) is 0 Å². The summed E-state index contributed by atoms with van der Waals surface area (Å²) in [7, 11) is 0. The first kappa shape index (κ1) is 21.9. The lowest BCUT2D eigenvalue weighted by molar-refractivity contribution is -0.144. The molecule has 0 unspecified atom stereocenters. The van der Waals surface area contributed by atoms with Gasteiger partial charge in [-0.05, 0) is 44.9 Å². The molecule has 0 radical (unpaired) electrons. The second kappa shape index (κ2) is 8.30. The number of carbonyl (C=O) groups excluding carboxylic acids is 1. The maximum Gasteiger partial charge on any atom is 0.453 e. The van der Waals surface area contributed by atoms with Crippen LogP contribution in [0, 0.1) is 20.8 Å². The van der Waals surface area contributed by atoms with Gasteiger partial charge >= 0.3 is 6.18 Å². The van der Waals surface area contributed by atoms with Gasteiger partial charge in [0.05, 0.1) is 11.4 Å². The van der Waals surface area contributed by atoms with Gasteiger partial charge in [0.2, 0.25) is 5.91 Å². The zero-order valence-corrected chi connectivity index (χ0v) is 18.3. The molecule has 32 heavy (non-hydrogen) atoms. The molecule has 0 aliphatic rings. The van der Waals surface area contributed by atoms with E-state index in [1.807, 2.05) is 42.6 Å². The largest absolute Gasteiger partial charge is 0.453 e. The van der Waals surface area contributed by atoms with Crippen molar-refractivity contribution in [1.82, 2.24) is 24.6 Å². The molecule has 0 aliphatic heterocycles. The summed E-state index contributed by atoms with van der Waals surface area (Å²) in [6, 6.07) is 9.19. The van der Waals surface area contributed by atoms with Crippen LogP contribution in [-0.2, 0) is 17.4 Å².